The van der Waals surface area contributed by atoms with Gasteiger partial charge in [0.15, 0.2) is 5.82 Å². The van der Waals surface area contributed by atoms with Crippen LogP contribution in [0.15, 0.2) is 12.4 Å². The summed E-state index contributed by atoms with van der Waals surface area (Å²) in [6, 6.07) is -0.360. The molecule has 2 heterocycles. The summed E-state index contributed by atoms with van der Waals surface area (Å²) in [4.78, 5) is 20.1. The Morgan fingerprint density at radius 2 is 2.25 bits per heavy atom. The van der Waals surface area contributed by atoms with Crippen LogP contribution in [0, 0.1) is 0 Å². The van der Waals surface area contributed by atoms with Crippen LogP contribution in [-0.4, -0.2) is 43.0 Å². The lowest BCUT2D eigenvalue weighted by atomic mass is 10.3. The first-order valence-corrected chi connectivity index (χ1v) is 6.30. The number of aromatic nitrogens is 6. The number of tetrazole rings is 1. The number of hydrogen-bond acceptors (Lipinski definition) is 7. The van der Waals surface area contributed by atoms with Crippen molar-refractivity contribution in [2.45, 2.75) is 26.3 Å². The first-order chi connectivity index (χ1) is 9.70. The maximum Gasteiger partial charge on any atom is 0.272 e. The smallest absolute Gasteiger partial charge is 0.272 e. The van der Waals surface area contributed by atoms with Gasteiger partial charge < -0.3 is 10.6 Å². The molecule has 2 rings (SSSR count). The number of anilines is 1. The molecule has 2 aromatic heterocycles. The summed E-state index contributed by atoms with van der Waals surface area (Å²) in [5.41, 5.74) is 0.238. The van der Waals surface area contributed by atoms with Gasteiger partial charge in [-0.3, -0.25) is 4.79 Å². The molecule has 9 heteroatoms. The molecule has 0 radical (unpaired) electrons. The molecule has 20 heavy (non-hydrogen) atoms. The average molecular weight is 276 g/mol. The Bertz CT molecular complexity index is 538. The minimum absolute atomic E-state index is 0.238. The van der Waals surface area contributed by atoms with E-state index >= 15 is 0 Å². The summed E-state index contributed by atoms with van der Waals surface area (Å²) in [5, 5.41) is 19.2. The van der Waals surface area contributed by atoms with Gasteiger partial charge in [0.1, 0.15) is 11.5 Å². The van der Waals surface area contributed by atoms with Crippen LogP contribution in [0.4, 0.5) is 5.82 Å². The molecule has 1 atom stereocenters. The molecule has 3 N–H and O–H groups in total. The molecule has 0 bridgehead atoms. The number of hydrogen-bond donors (Lipinski definition) is 3. The number of carbonyl (C=O) groups is 1. The summed E-state index contributed by atoms with van der Waals surface area (Å²) in [6.45, 7) is 4.63. The van der Waals surface area contributed by atoms with Crippen molar-refractivity contribution < 1.29 is 4.79 Å². The average Bonchev–Trinajstić information content (AvgIpc) is 3.00. The number of nitrogens with zero attached hydrogens (tertiary/aromatic N) is 5. The summed E-state index contributed by atoms with van der Waals surface area (Å²) < 4.78 is 0. The Morgan fingerprint density at radius 1 is 1.40 bits per heavy atom. The number of H-pyrrole nitrogens is 1. The van der Waals surface area contributed by atoms with Crippen LogP contribution in [0.3, 0.4) is 0 Å². The largest absolute Gasteiger partial charge is 0.369 e. The van der Waals surface area contributed by atoms with Gasteiger partial charge in [-0.15, -0.1) is 10.2 Å². The maximum absolute atomic E-state index is 12.0. The third-order valence-electron chi connectivity index (χ3n) is 2.54. The van der Waals surface area contributed by atoms with Crippen LogP contribution in [0.5, 0.6) is 0 Å². The van der Waals surface area contributed by atoms with E-state index in [9.17, 15) is 4.79 Å². The van der Waals surface area contributed by atoms with Crippen LogP contribution < -0.4 is 10.6 Å². The van der Waals surface area contributed by atoms with Crippen molar-refractivity contribution in [1.82, 2.24) is 35.9 Å². The molecular weight excluding hydrogens is 260 g/mol. The second kappa shape index (κ2) is 6.55. The van der Waals surface area contributed by atoms with Gasteiger partial charge in [0.25, 0.3) is 5.91 Å². The first kappa shape index (κ1) is 13.8. The zero-order valence-electron chi connectivity index (χ0n) is 11.3. The van der Waals surface area contributed by atoms with Gasteiger partial charge in [-0.25, -0.2) is 9.97 Å². The number of aromatic amines is 1. The Kier molecular flexibility index (Phi) is 4.53. The van der Waals surface area contributed by atoms with E-state index in [4.69, 9.17) is 0 Å². The van der Waals surface area contributed by atoms with Crippen LogP contribution in [-0.2, 0) is 0 Å². The van der Waals surface area contributed by atoms with Gasteiger partial charge in [0.05, 0.1) is 18.4 Å². The molecule has 0 aromatic carbocycles. The van der Waals surface area contributed by atoms with E-state index in [0.717, 1.165) is 13.0 Å². The van der Waals surface area contributed by atoms with Crippen LogP contribution in [0.2, 0.25) is 0 Å². The van der Waals surface area contributed by atoms with Crippen molar-refractivity contribution in [3.05, 3.63) is 23.9 Å². The number of rotatable bonds is 6. The lowest BCUT2D eigenvalue weighted by Crippen LogP contribution is -2.28. The molecule has 0 aliphatic rings. The molecule has 0 fully saturated rings. The summed E-state index contributed by atoms with van der Waals surface area (Å²) in [6.07, 6.45) is 3.95. The zero-order chi connectivity index (χ0) is 14.4. The summed E-state index contributed by atoms with van der Waals surface area (Å²) in [5.74, 6) is 0.721. The maximum atomic E-state index is 12.0. The molecule has 0 saturated heterocycles. The van der Waals surface area contributed by atoms with E-state index in [-0.39, 0.29) is 17.6 Å². The summed E-state index contributed by atoms with van der Waals surface area (Å²) >= 11 is 0. The molecule has 0 saturated carbocycles. The Balaban J connectivity index is 1.95. The molecular formula is C11H16N8O. The molecule has 0 aliphatic carbocycles. The van der Waals surface area contributed by atoms with Crippen molar-refractivity contribution >= 4 is 11.7 Å². The molecule has 0 spiro atoms. The lowest BCUT2D eigenvalue weighted by molar-refractivity contribution is 0.0933. The van der Waals surface area contributed by atoms with E-state index in [1.54, 1.807) is 6.92 Å². The van der Waals surface area contributed by atoms with Crippen molar-refractivity contribution in [1.29, 1.82) is 0 Å². The SMILES string of the molecule is CCCNc1cnc(C(=O)NC(C)c2nn[nH]n2)cn1. The summed E-state index contributed by atoms with van der Waals surface area (Å²) in [7, 11) is 0. The topological polar surface area (TPSA) is 121 Å². The van der Waals surface area contributed by atoms with E-state index < -0.39 is 0 Å². The normalized spacial score (nSPS) is 11.9. The molecule has 1 amide bonds. The fourth-order valence-corrected chi connectivity index (χ4v) is 1.48. The first-order valence-electron chi connectivity index (χ1n) is 6.30. The standard InChI is InChI=1S/C11H16N8O/c1-3-4-12-9-6-13-8(5-14-9)11(20)15-7(2)10-16-18-19-17-10/h5-7H,3-4H2,1-2H3,(H,12,14)(H,15,20)(H,16,17,18,19). The van der Waals surface area contributed by atoms with Gasteiger partial charge >= 0.3 is 0 Å². The highest BCUT2D eigenvalue weighted by atomic mass is 16.2. The number of carbonyl (C=O) groups excluding carboxylic acids is 1. The zero-order valence-corrected chi connectivity index (χ0v) is 11.3. The van der Waals surface area contributed by atoms with Gasteiger partial charge in [0.2, 0.25) is 0 Å². The number of amides is 1. The monoisotopic (exact) mass is 276 g/mol. The van der Waals surface area contributed by atoms with Gasteiger partial charge in [-0.05, 0) is 13.3 Å². The highest BCUT2D eigenvalue weighted by molar-refractivity contribution is 5.92. The van der Waals surface area contributed by atoms with E-state index in [0.29, 0.717) is 11.6 Å². The van der Waals surface area contributed by atoms with Crippen molar-refractivity contribution in [3.8, 4) is 0 Å². The Labute approximate surface area is 115 Å². The second-order valence-electron chi connectivity index (χ2n) is 4.18. The molecule has 9 nitrogen and oxygen atoms in total. The van der Waals surface area contributed by atoms with E-state index in [1.165, 1.54) is 12.4 Å². The minimum atomic E-state index is -0.360. The predicted octanol–water partition coefficient (Wildman–Crippen LogP) is 0.303. The molecule has 1 unspecified atom stereocenters. The van der Waals surface area contributed by atoms with Gasteiger partial charge in [-0.1, -0.05) is 12.1 Å². The van der Waals surface area contributed by atoms with Crippen LogP contribution in [0.1, 0.15) is 42.6 Å². The van der Waals surface area contributed by atoms with E-state index in [2.05, 4.69) is 48.1 Å². The highest BCUT2D eigenvalue weighted by Gasteiger charge is 2.15. The fourth-order valence-electron chi connectivity index (χ4n) is 1.48. The predicted molar refractivity (Wildman–Crippen MR) is 70.9 cm³/mol. The van der Waals surface area contributed by atoms with Crippen molar-refractivity contribution in [3.63, 3.8) is 0 Å². The van der Waals surface area contributed by atoms with E-state index in [1.807, 2.05) is 0 Å². The van der Waals surface area contributed by atoms with Crippen molar-refractivity contribution in [2.24, 2.45) is 0 Å². The minimum Gasteiger partial charge on any atom is -0.369 e. The molecule has 106 valence electrons. The third-order valence-corrected chi connectivity index (χ3v) is 2.54. The van der Waals surface area contributed by atoms with Crippen LogP contribution >= 0.6 is 0 Å². The fraction of sp³-hybridized carbons (Fsp3) is 0.455. The van der Waals surface area contributed by atoms with Gasteiger partial charge in [0, 0.05) is 6.54 Å². The van der Waals surface area contributed by atoms with Crippen molar-refractivity contribution in [2.75, 3.05) is 11.9 Å². The Hall–Kier alpha value is -2.58. The third kappa shape index (κ3) is 3.46. The quantitative estimate of drug-likeness (QED) is 0.693. The van der Waals surface area contributed by atoms with Crippen LogP contribution in [0.25, 0.3) is 0 Å². The number of nitrogens with one attached hydrogen (secondary N) is 3. The van der Waals surface area contributed by atoms with Gasteiger partial charge in [-0.2, -0.15) is 5.21 Å². The second-order valence-corrected chi connectivity index (χ2v) is 4.18. The molecule has 0 aliphatic heterocycles. The highest BCUT2D eigenvalue weighted by Crippen LogP contribution is 2.06. The lowest BCUT2D eigenvalue weighted by Gasteiger charge is -2.09. The Morgan fingerprint density at radius 3 is 2.85 bits per heavy atom. The molecule has 2 aromatic rings.